The normalized spacial score (nSPS) is 10.3. The van der Waals surface area contributed by atoms with Crippen LogP contribution >= 0.6 is 11.6 Å². The molecule has 104 valence electrons. The lowest BCUT2D eigenvalue weighted by molar-refractivity contribution is -0.384. The predicted octanol–water partition coefficient (Wildman–Crippen LogP) is 3.62. The maximum atomic E-state index is 10.7. The van der Waals surface area contributed by atoms with Gasteiger partial charge in [-0.15, -0.1) is 11.6 Å². The summed E-state index contributed by atoms with van der Waals surface area (Å²) in [5.41, 5.74) is 2.30. The Morgan fingerprint density at radius 2 is 2.15 bits per heavy atom. The van der Waals surface area contributed by atoms with E-state index in [-0.39, 0.29) is 11.6 Å². The monoisotopic (exact) mass is 292 g/mol. The molecular formula is C14H13ClN2O3. The standard InChI is InChI=1S/C14H13ClN2O3/c1-10-3-2-4-12(16-10)9-20-14-6-5-13(17(18)19)7-11(14)8-15/h2-7H,8-9H2,1H3. The molecule has 0 saturated carbocycles. The number of hydrogen-bond acceptors (Lipinski definition) is 4. The second-order valence-corrected chi connectivity index (χ2v) is 4.51. The van der Waals surface area contributed by atoms with Crippen LogP contribution in [0.25, 0.3) is 0 Å². The van der Waals surface area contributed by atoms with Crippen LogP contribution in [0.4, 0.5) is 5.69 Å². The summed E-state index contributed by atoms with van der Waals surface area (Å²) in [5.74, 6) is 0.687. The zero-order chi connectivity index (χ0) is 14.5. The molecule has 0 aliphatic rings. The van der Waals surface area contributed by atoms with E-state index in [1.165, 1.54) is 12.1 Å². The molecular weight excluding hydrogens is 280 g/mol. The average molecular weight is 293 g/mol. The van der Waals surface area contributed by atoms with E-state index in [1.54, 1.807) is 6.07 Å². The number of pyridine rings is 1. The molecule has 0 unspecified atom stereocenters. The highest BCUT2D eigenvalue weighted by molar-refractivity contribution is 6.17. The van der Waals surface area contributed by atoms with Gasteiger partial charge in [-0.05, 0) is 25.1 Å². The minimum atomic E-state index is -0.456. The van der Waals surface area contributed by atoms with Gasteiger partial charge >= 0.3 is 0 Å². The summed E-state index contributed by atoms with van der Waals surface area (Å²) in [6.07, 6.45) is 0. The topological polar surface area (TPSA) is 65.3 Å². The number of nitro groups is 1. The molecule has 2 aromatic rings. The van der Waals surface area contributed by atoms with Gasteiger partial charge in [0.1, 0.15) is 12.4 Å². The summed E-state index contributed by atoms with van der Waals surface area (Å²) < 4.78 is 5.63. The number of hydrogen-bond donors (Lipinski definition) is 0. The Hall–Kier alpha value is -2.14. The first-order valence-corrected chi connectivity index (χ1v) is 6.52. The van der Waals surface area contributed by atoms with Crippen LogP contribution in [0.2, 0.25) is 0 Å². The van der Waals surface area contributed by atoms with Crippen LogP contribution in [0.3, 0.4) is 0 Å². The summed E-state index contributed by atoms with van der Waals surface area (Å²) in [4.78, 5) is 14.6. The smallest absolute Gasteiger partial charge is 0.270 e. The Balaban J connectivity index is 2.15. The lowest BCUT2D eigenvalue weighted by Crippen LogP contribution is -2.01. The molecule has 0 aliphatic carbocycles. The predicted molar refractivity (Wildman–Crippen MR) is 76.0 cm³/mol. The molecule has 0 saturated heterocycles. The van der Waals surface area contributed by atoms with Gasteiger partial charge in [-0.25, -0.2) is 0 Å². The zero-order valence-corrected chi connectivity index (χ0v) is 11.6. The van der Waals surface area contributed by atoms with Crippen molar-refractivity contribution in [1.29, 1.82) is 0 Å². The summed E-state index contributed by atoms with van der Waals surface area (Å²) in [7, 11) is 0. The highest BCUT2D eigenvalue weighted by Gasteiger charge is 2.11. The van der Waals surface area contributed by atoms with Gasteiger partial charge in [0.25, 0.3) is 5.69 Å². The number of aryl methyl sites for hydroxylation is 1. The quantitative estimate of drug-likeness (QED) is 0.479. The SMILES string of the molecule is Cc1cccc(COc2ccc([N+](=O)[O-])cc2CCl)n1. The van der Waals surface area contributed by atoms with Crippen LogP contribution in [0, 0.1) is 17.0 Å². The Kier molecular flexibility index (Phi) is 4.53. The molecule has 1 aromatic carbocycles. The fourth-order valence-corrected chi connectivity index (χ4v) is 1.97. The summed E-state index contributed by atoms with van der Waals surface area (Å²) in [6.45, 7) is 2.20. The molecule has 6 heteroatoms. The molecule has 0 aliphatic heterocycles. The fraction of sp³-hybridized carbons (Fsp3) is 0.214. The van der Waals surface area contributed by atoms with Crippen LogP contribution in [0.1, 0.15) is 17.0 Å². The molecule has 0 radical (unpaired) electrons. The van der Waals surface area contributed by atoms with Crippen LogP contribution < -0.4 is 4.74 Å². The third-order valence-corrected chi connectivity index (χ3v) is 3.01. The van der Waals surface area contributed by atoms with Gasteiger partial charge in [-0.2, -0.15) is 0 Å². The first-order chi connectivity index (χ1) is 9.60. The van der Waals surface area contributed by atoms with E-state index in [0.717, 1.165) is 11.4 Å². The van der Waals surface area contributed by atoms with Crippen molar-refractivity contribution in [3.63, 3.8) is 0 Å². The van der Waals surface area contributed by atoms with Gasteiger partial charge in [0.05, 0.1) is 16.5 Å². The Morgan fingerprint density at radius 3 is 2.80 bits per heavy atom. The van der Waals surface area contributed by atoms with Crippen LogP contribution in [-0.4, -0.2) is 9.91 Å². The molecule has 0 fully saturated rings. The van der Waals surface area contributed by atoms with Crippen molar-refractivity contribution in [3.8, 4) is 5.75 Å². The molecule has 0 amide bonds. The number of nitro benzene ring substituents is 1. The molecule has 20 heavy (non-hydrogen) atoms. The number of nitrogens with zero attached hydrogens (tertiary/aromatic N) is 2. The number of aromatic nitrogens is 1. The number of benzene rings is 1. The largest absolute Gasteiger partial charge is 0.487 e. The van der Waals surface area contributed by atoms with Gasteiger partial charge in [-0.1, -0.05) is 6.07 Å². The maximum absolute atomic E-state index is 10.7. The van der Waals surface area contributed by atoms with Gasteiger partial charge in [0.15, 0.2) is 0 Å². The van der Waals surface area contributed by atoms with E-state index in [0.29, 0.717) is 17.9 Å². The number of non-ortho nitro benzene ring substituents is 1. The average Bonchev–Trinajstić information content (AvgIpc) is 2.45. The van der Waals surface area contributed by atoms with Crippen molar-refractivity contribution in [1.82, 2.24) is 4.98 Å². The van der Waals surface area contributed by atoms with E-state index >= 15 is 0 Å². The molecule has 0 atom stereocenters. The summed E-state index contributed by atoms with van der Waals surface area (Å²) in [6, 6.07) is 10.0. The summed E-state index contributed by atoms with van der Waals surface area (Å²) in [5, 5.41) is 10.7. The minimum Gasteiger partial charge on any atom is -0.487 e. The van der Waals surface area contributed by atoms with E-state index in [2.05, 4.69) is 4.98 Å². The number of ether oxygens (including phenoxy) is 1. The van der Waals surface area contributed by atoms with E-state index < -0.39 is 4.92 Å². The highest BCUT2D eigenvalue weighted by Crippen LogP contribution is 2.26. The highest BCUT2D eigenvalue weighted by atomic mass is 35.5. The Labute approximate surface area is 121 Å². The lowest BCUT2D eigenvalue weighted by Gasteiger charge is -2.09. The van der Waals surface area contributed by atoms with Crippen molar-refractivity contribution in [3.05, 3.63) is 63.5 Å². The van der Waals surface area contributed by atoms with Gasteiger partial charge in [0.2, 0.25) is 0 Å². The zero-order valence-electron chi connectivity index (χ0n) is 10.9. The first kappa shape index (κ1) is 14.3. The molecule has 0 N–H and O–H groups in total. The molecule has 2 rings (SSSR count). The van der Waals surface area contributed by atoms with Crippen LogP contribution in [0.5, 0.6) is 5.75 Å². The minimum absolute atomic E-state index is 0.00156. The van der Waals surface area contributed by atoms with Gasteiger partial charge in [0, 0.05) is 23.4 Å². The lowest BCUT2D eigenvalue weighted by atomic mass is 10.2. The van der Waals surface area contributed by atoms with E-state index in [4.69, 9.17) is 16.3 Å². The number of halogens is 1. The van der Waals surface area contributed by atoms with Gasteiger partial charge < -0.3 is 4.74 Å². The molecule has 5 nitrogen and oxygen atoms in total. The number of alkyl halides is 1. The first-order valence-electron chi connectivity index (χ1n) is 5.99. The van der Waals surface area contributed by atoms with Crippen molar-refractivity contribution in [2.45, 2.75) is 19.4 Å². The molecule has 1 heterocycles. The summed E-state index contributed by atoms with van der Waals surface area (Å²) >= 11 is 5.80. The van der Waals surface area contributed by atoms with Crippen LogP contribution in [-0.2, 0) is 12.5 Å². The Morgan fingerprint density at radius 1 is 1.35 bits per heavy atom. The van der Waals surface area contributed by atoms with E-state index in [1.807, 2.05) is 25.1 Å². The van der Waals surface area contributed by atoms with Crippen molar-refractivity contribution < 1.29 is 9.66 Å². The van der Waals surface area contributed by atoms with Crippen LogP contribution in [0.15, 0.2) is 36.4 Å². The van der Waals surface area contributed by atoms with Crippen molar-refractivity contribution in [2.24, 2.45) is 0 Å². The van der Waals surface area contributed by atoms with Crippen molar-refractivity contribution in [2.75, 3.05) is 0 Å². The molecule has 1 aromatic heterocycles. The second-order valence-electron chi connectivity index (χ2n) is 4.24. The molecule has 0 bridgehead atoms. The van der Waals surface area contributed by atoms with Crippen molar-refractivity contribution >= 4 is 17.3 Å². The van der Waals surface area contributed by atoms with Gasteiger partial charge in [-0.3, -0.25) is 15.1 Å². The third kappa shape index (κ3) is 3.45. The second kappa shape index (κ2) is 6.34. The third-order valence-electron chi connectivity index (χ3n) is 2.72. The van der Waals surface area contributed by atoms with E-state index in [9.17, 15) is 10.1 Å². The molecule has 0 spiro atoms. The maximum Gasteiger partial charge on any atom is 0.270 e. The Bertz CT molecular complexity index is 632. The number of rotatable bonds is 5. The fourth-order valence-electron chi connectivity index (χ4n) is 1.76.